The van der Waals surface area contributed by atoms with Gasteiger partial charge in [0.1, 0.15) is 32.7 Å². The third-order valence-electron chi connectivity index (χ3n) is 5.53. The highest BCUT2D eigenvalue weighted by Gasteiger charge is 2.23. The summed E-state index contributed by atoms with van der Waals surface area (Å²) in [5, 5.41) is 16.1. The van der Waals surface area contributed by atoms with Crippen molar-refractivity contribution in [3.8, 4) is 0 Å². The smallest absolute Gasteiger partial charge is 0.309 e. The second kappa shape index (κ2) is 11.2. The fourth-order valence-electron chi connectivity index (χ4n) is 3.70. The summed E-state index contributed by atoms with van der Waals surface area (Å²) in [4.78, 5) is 37.1. The molecule has 0 unspecified atom stereocenters. The average Bonchev–Trinajstić information content (AvgIpc) is 2.79. The van der Waals surface area contributed by atoms with Crippen LogP contribution >= 0.6 is 0 Å². The van der Waals surface area contributed by atoms with E-state index in [2.05, 4.69) is 10.6 Å². The van der Waals surface area contributed by atoms with Crippen LogP contribution in [0.5, 0.6) is 0 Å². The van der Waals surface area contributed by atoms with Crippen molar-refractivity contribution in [3.05, 3.63) is 75.8 Å². The number of carbonyl (C=O) groups excluding carboxylic acids is 2. The van der Waals surface area contributed by atoms with Gasteiger partial charge in [0.05, 0.1) is 18.0 Å². The molecule has 2 amide bonds. The fourth-order valence-corrected chi connectivity index (χ4v) is 3.70. The molecular weight excluding hydrogens is 398 g/mol. The third kappa shape index (κ3) is 7.16. The Kier molecular flexibility index (Phi) is 8.08. The molecule has 0 atom stereocenters. The molecule has 1 heterocycles. The monoisotopic (exact) mass is 427 g/mol. The van der Waals surface area contributed by atoms with E-state index < -0.39 is 11.8 Å². The van der Waals surface area contributed by atoms with Gasteiger partial charge in [-0.05, 0) is 17.7 Å². The number of nitro benzene ring substituents is 1. The lowest BCUT2D eigenvalue weighted by Gasteiger charge is -2.29. The van der Waals surface area contributed by atoms with Gasteiger partial charge in [-0.25, -0.2) is 0 Å². The summed E-state index contributed by atoms with van der Waals surface area (Å²) in [6.45, 7) is 6.39. The number of rotatable bonds is 8. The average molecular weight is 428 g/mol. The molecule has 2 aromatic carbocycles. The Bertz CT molecular complexity index is 881. The molecule has 1 fully saturated rings. The highest BCUT2D eigenvalue weighted by Crippen LogP contribution is 2.11. The van der Waals surface area contributed by atoms with Gasteiger partial charge in [-0.2, -0.15) is 0 Å². The number of hydrogen-bond donors (Lipinski definition) is 4. The standard InChI is InChI=1S/C22H27N5O4/c28-21(22(29)24-16-18-4-2-1-3-5-18)23-10-11-25-12-14-26(15-13-25)17-19-6-8-20(9-7-19)27(30)31/h1-9H,10-17H2,(H,23,28)(H,24,29)/p+2. The Hall–Kier alpha value is -3.30. The minimum absolute atomic E-state index is 0.115. The molecule has 0 aromatic heterocycles. The largest absolute Gasteiger partial charge is 0.344 e. The number of nitrogens with one attached hydrogen (secondary N) is 4. The van der Waals surface area contributed by atoms with Crippen LogP contribution < -0.4 is 20.4 Å². The zero-order chi connectivity index (χ0) is 22.1. The summed E-state index contributed by atoms with van der Waals surface area (Å²) < 4.78 is 0. The van der Waals surface area contributed by atoms with Gasteiger partial charge in [0, 0.05) is 24.2 Å². The summed E-state index contributed by atoms with van der Waals surface area (Å²) >= 11 is 0. The number of hydrogen-bond acceptors (Lipinski definition) is 4. The maximum Gasteiger partial charge on any atom is 0.309 e. The van der Waals surface area contributed by atoms with Crippen LogP contribution in [0, 0.1) is 10.1 Å². The molecule has 1 saturated heterocycles. The minimum atomic E-state index is -0.615. The van der Waals surface area contributed by atoms with Crippen LogP contribution in [0.4, 0.5) is 5.69 Å². The molecule has 0 bridgehead atoms. The van der Waals surface area contributed by atoms with E-state index in [1.165, 1.54) is 9.80 Å². The highest BCUT2D eigenvalue weighted by atomic mass is 16.6. The summed E-state index contributed by atoms with van der Waals surface area (Å²) in [6, 6.07) is 16.2. The number of nitrogens with zero attached hydrogens (tertiary/aromatic N) is 1. The van der Waals surface area contributed by atoms with E-state index in [1.54, 1.807) is 12.1 Å². The van der Waals surface area contributed by atoms with Gasteiger partial charge >= 0.3 is 11.8 Å². The molecule has 0 radical (unpaired) electrons. The van der Waals surface area contributed by atoms with Gasteiger partial charge in [-0.3, -0.25) is 19.7 Å². The molecule has 164 valence electrons. The Balaban J connectivity index is 1.30. The van der Waals surface area contributed by atoms with Crippen LogP contribution in [-0.4, -0.2) is 56.0 Å². The molecule has 2 aromatic rings. The van der Waals surface area contributed by atoms with Crippen LogP contribution in [0.3, 0.4) is 0 Å². The molecule has 1 aliphatic heterocycles. The van der Waals surface area contributed by atoms with E-state index >= 15 is 0 Å². The van der Waals surface area contributed by atoms with E-state index in [0.717, 1.165) is 50.4 Å². The zero-order valence-corrected chi connectivity index (χ0v) is 17.4. The number of amides is 2. The van der Waals surface area contributed by atoms with Crippen LogP contribution in [-0.2, 0) is 22.7 Å². The maximum atomic E-state index is 11.9. The highest BCUT2D eigenvalue weighted by molar-refractivity contribution is 6.35. The summed E-state index contributed by atoms with van der Waals surface area (Å²) in [5.41, 5.74) is 2.16. The molecule has 9 nitrogen and oxygen atoms in total. The Labute approximate surface area is 181 Å². The number of quaternary nitrogens is 2. The lowest BCUT2D eigenvalue weighted by Crippen LogP contribution is -3.27. The zero-order valence-electron chi connectivity index (χ0n) is 17.4. The van der Waals surface area contributed by atoms with Crippen molar-refractivity contribution in [2.45, 2.75) is 13.1 Å². The normalized spacial score (nSPS) is 18.2. The molecule has 1 aliphatic rings. The van der Waals surface area contributed by atoms with Gasteiger partial charge in [-0.15, -0.1) is 0 Å². The summed E-state index contributed by atoms with van der Waals surface area (Å²) in [6.07, 6.45) is 0. The van der Waals surface area contributed by atoms with Crippen LogP contribution in [0.25, 0.3) is 0 Å². The first-order valence-electron chi connectivity index (χ1n) is 10.5. The first-order valence-corrected chi connectivity index (χ1v) is 10.5. The van der Waals surface area contributed by atoms with Gasteiger partial charge in [0.25, 0.3) is 5.69 Å². The lowest BCUT2D eigenvalue weighted by atomic mass is 10.2. The Morgan fingerprint density at radius 1 is 0.839 bits per heavy atom. The number of nitro groups is 1. The van der Waals surface area contributed by atoms with Crippen LogP contribution in [0.2, 0.25) is 0 Å². The van der Waals surface area contributed by atoms with Crippen molar-refractivity contribution < 1.29 is 24.3 Å². The molecule has 0 saturated carbocycles. The first kappa shape index (κ1) is 22.4. The second-order valence-electron chi connectivity index (χ2n) is 7.77. The predicted molar refractivity (Wildman–Crippen MR) is 114 cm³/mol. The quantitative estimate of drug-likeness (QED) is 0.229. The summed E-state index contributed by atoms with van der Waals surface area (Å²) in [5.74, 6) is -1.21. The van der Waals surface area contributed by atoms with E-state index in [-0.39, 0.29) is 10.6 Å². The summed E-state index contributed by atoms with van der Waals surface area (Å²) in [7, 11) is 0. The molecule has 0 spiro atoms. The molecule has 0 aliphatic carbocycles. The van der Waals surface area contributed by atoms with E-state index in [0.29, 0.717) is 13.1 Å². The number of carbonyl (C=O) groups is 2. The SMILES string of the molecule is O=C(NCC[NH+]1CC[NH+](Cc2ccc([N+](=O)[O-])cc2)CC1)C(=O)NCc1ccccc1. The lowest BCUT2D eigenvalue weighted by molar-refractivity contribution is -1.02. The van der Waals surface area contributed by atoms with Gasteiger partial charge in [0.2, 0.25) is 0 Å². The van der Waals surface area contributed by atoms with Crippen molar-refractivity contribution in [2.24, 2.45) is 0 Å². The molecular formula is C22H29N5O4+2. The van der Waals surface area contributed by atoms with E-state index in [9.17, 15) is 19.7 Å². The molecule has 31 heavy (non-hydrogen) atoms. The Morgan fingerprint density at radius 3 is 2.10 bits per heavy atom. The van der Waals surface area contributed by atoms with Crippen molar-refractivity contribution >= 4 is 17.5 Å². The van der Waals surface area contributed by atoms with Crippen molar-refractivity contribution in [2.75, 3.05) is 39.3 Å². The second-order valence-corrected chi connectivity index (χ2v) is 7.77. The fraction of sp³-hybridized carbons (Fsp3) is 0.364. The van der Waals surface area contributed by atoms with Crippen LogP contribution in [0.1, 0.15) is 11.1 Å². The van der Waals surface area contributed by atoms with Crippen molar-refractivity contribution in [3.63, 3.8) is 0 Å². The molecule has 9 heteroatoms. The van der Waals surface area contributed by atoms with Crippen LogP contribution in [0.15, 0.2) is 54.6 Å². The maximum absolute atomic E-state index is 11.9. The van der Waals surface area contributed by atoms with Gasteiger partial charge in [0.15, 0.2) is 0 Å². The molecule has 3 rings (SSSR count). The number of piperazine rings is 1. The van der Waals surface area contributed by atoms with E-state index in [1.807, 2.05) is 42.5 Å². The first-order chi connectivity index (χ1) is 15.0. The van der Waals surface area contributed by atoms with Gasteiger partial charge in [-0.1, -0.05) is 30.3 Å². The Morgan fingerprint density at radius 2 is 1.45 bits per heavy atom. The van der Waals surface area contributed by atoms with Crippen molar-refractivity contribution in [1.82, 2.24) is 10.6 Å². The van der Waals surface area contributed by atoms with E-state index in [4.69, 9.17) is 0 Å². The van der Waals surface area contributed by atoms with Crippen molar-refractivity contribution in [1.29, 1.82) is 0 Å². The number of non-ortho nitro benzene ring substituents is 1. The topological polar surface area (TPSA) is 110 Å². The number of benzene rings is 2. The predicted octanol–water partition coefficient (Wildman–Crippen LogP) is -1.69. The minimum Gasteiger partial charge on any atom is -0.344 e. The van der Waals surface area contributed by atoms with Gasteiger partial charge < -0.3 is 20.4 Å². The third-order valence-corrected chi connectivity index (χ3v) is 5.53. The molecule has 4 N–H and O–H groups in total.